The van der Waals surface area contributed by atoms with Crippen molar-refractivity contribution in [2.75, 3.05) is 19.6 Å². The van der Waals surface area contributed by atoms with Crippen molar-refractivity contribution in [2.24, 2.45) is 17.3 Å². The molecular formula is C19H29N3O2S. The quantitative estimate of drug-likeness (QED) is 0.810. The largest absolute Gasteiger partial charge is 0.339 e. The Morgan fingerprint density at radius 3 is 2.60 bits per heavy atom. The summed E-state index contributed by atoms with van der Waals surface area (Å²) < 4.78 is 0. The molecule has 1 aromatic heterocycles. The molecule has 0 N–H and O–H groups in total. The molecule has 0 spiro atoms. The maximum Gasteiger partial charge on any atom is 0.265 e. The molecule has 0 aromatic carbocycles. The molecule has 138 valence electrons. The van der Waals surface area contributed by atoms with Crippen LogP contribution in [0.3, 0.4) is 0 Å². The number of thiazole rings is 1. The number of aromatic nitrogens is 1. The summed E-state index contributed by atoms with van der Waals surface area (Å²) in [5.74, 6) is 1.06. The Balaban J connectivity index is 1.62. The van der Waals surface area contributed by atoms with Gasteiger partial charge in [0.2, 0.25) is 5.91 Å². The highest BCUT2D eigenvalue weighted by Gasteiger charge is 2.39. The van der Waals surface area contributed by atoms with Crippen molar-refractivity contribution in [1.82, 2.24) is 14.8 Å². The lowest BCUT2D eigenvalue weighted by Gasteiger charge is -2.44. The second-order valence-corrected chi connectivity index (χ2v) is 9.49. The van der Waals surface area contributed by atoms with E-state index in [0.29, 0.717) is 30.4 Å². The molecule has 2 fully saturated rings. The van der Waals surface area contributed by atoms with Crippen LogP contribution in [-0.4, -0.2) is 52.3 Å². The normalized spacial score (nSPS) is 29.5. The van der Waals surface area contributed by atoms with Gasteiger partial charge in [-0.2, -0.15) is 0 Å². The fourth-order valence-electron chi connectivity index (χ4n) is 4.71. The number of amides is 2. The van der Waals surface area contributed by atoms with Crippen molar-refractivity contribution in [3.8, 4) is 0 Å². The molecule has 3 rings (SSSR count). The van der Waals surface area contributed by atoms with Gasteiger partial charge in [0.25, 0.3) is 5.91 Å². The van der Waals surface area contributed by atoms with Gasteiger partial charge in [-0.3, -0.25) is 14.6 Å². The van der Waals surface area contributed by atoms with Crippen LogP contribution in [0.4, 0.5) is 0 Å². The van der Waals surface area contributed by atoms with E-state index in [1.54, 1.807) is 11.7 Å². The average molecular weight is 364 g/mol. The van der Waals surface area contributed by atoms with Crippen molar-refractivity contribution in [3.63, 3.8) is 0 Å². The fourth-order valence-corrected chi connectivity index (χ4v) is 5.29. The smallest absolute Gasteiger partial charge is 0.265 e. The number of hydrogen-bond donors (Lipinski definition) is 0. The SMILES string of the molecule is C[C@@H]1C[C@H](C(=O)N2CCN(C(=O)c3cncs3)[C@@H](C)C2)CC(C)(C)C1. The lowest BCUT2D eigenvalue weighted by atomic mass is 9.67. The first-order chi connectivity index (χ1) is 11.8. The van der Waals surface area contributed by atoms with Crippen LogP contribution in [0.25, 0.3) is 0 Å². The molecule has 6 heteroatoms. The van der Waals surface area contributed by atoms with E-state index < -0.39 is 0 Å². The topological polar surface area (TPSA) is 53.5 Å². The van der Waals surface area contributed by atoms with Crippen LogP contribution in [0.1, 0.15) is 56.6 Å². The summed E-state index contributed by atoms with van der Waals surface area (Å²) in [6.07, 6.45) is 4.80. The van der Waals surface area contributed by atoms with E-state index >= 15 is 0 Å². The van der Waals surface area contributed by atoms with Crippen LogP contribution in [0.2, 0.25) is 0 Å². The summed E-state index contributed by atoms with van der Waals surface area (Å²) in [7, 11) is 0. The van der Waals surface area contributed by atoms with Gasteiger partial charge in [0.05, 0.1) is 11.7 Å². The molecule has 1 saturated carbocycles. The van der Waals surface area contributed by atoms with E-state index in [1.165, 1.54) is 17.8 Å². The average Bonchev–Trinajstić information content (AvgIpc) is 3.06. The van der Waals surface area contributed by atoms with Gasteiger partial charge in [-0.15, -0.1) is 11.3 Å². The molecule has 5 nitrogen and oxygen atoms in total. The van der Waals surface area contributed by atoms with Gasteiger partial charge < -0.3 is 9.80 Å². The third-order valence-electron chi connectivity index (χ3n) is 5.58. The Kier molecular flexibility index (Phi) is 5.19. The minimum atomic E-state index is 0.0366. The lowest BCUT2D eigenvalue weighted by Crippen LogP contribution is -2.56. The number of carbonyl (C=O) groups excluding carboxylic acids is 2. The summed E-state index contributed by atoms with van der Waals surface area (Å²) >= 11 is 1.37. The Morgan fingerprint density at radius 2 is 2.00 bits per heavy atom. The van der Waals surface area contributed by atoms with Gasteiger partial charge in [-0.25, -0.2) is 0 Å². The molecule has 1 saturated heterocycles. The minimum absolute atomic E-state index is 0.0366. The molecule has 0 unspecified atom stereocenters. The minimum Gasteiger partial charge on any atom is -0.339 e. The molecule has 0 bridgehead atoms. The summed E-state index contributed by atoms with van der Waals surface area (Å²) in [5, 5.41) is 0. The van der Waals surface area contributed by atoms with E-state index in [0.717, 1.165) is 12.8 Å². The van der Waals surface area contributed by atoms with Crippen LogP contribution in [0, 0.1) is 17.3 Å². The zero-order valence-corrected chi connectivity index (χ0v) is 16.5. The van der Waals surface area contributed by atoms with Crippen LogP contribution in [-0.2, 0) is 4.79 Å². The van der Waals surface area contributed by atoms with E-state index in [-0.39, 0.29) is 29.2 Å². The summed E-state index contributed by atoms with van der Waals surface area (Å²) in [6, 6.07) is 0.0429. The summed E-state index contributed by atoms with van der Waals surface area (Å²) in [4.78, 5) is 34.2. The molecular weight excluding hydrogens is 334 g/mol. The molecule has 1 aliphatic heterocycles. The third kappa shape index (κ3) is 4.05. The number of nitrogens with zero attached hydrogens (tertiary/aromatic N) is 3. The van der Waals surface area contributed by atoms with Gasteiger partial charge in [0.15, 0.2) is 0 Å². The Labute approximate surface area is 154 Å². The van der Waals surface area contributed by atoms with Crippen molar-refractivity contribution in [2.45, 2.75) is 53.0 Å². The molecule has 2 aliphatic rings. The Bertz CT molecular complexity index is 629. The monoisotopic (exact) mass is 363 g/mol. The number of hydrogen-bond acceptors (Lipinski definition) is 4. The van der Waals surface area contributed by atoms with Crippen LogP contribution >= 0.6 is 11.3 Å². The van der Waals surface area contributed by atoms with E-state index in [1.807, 2.05) is 16.7 Å². The molecule has 3 atom stereocenters. The van der Waals surface area contributed by atoms with Crippen LogP contribution in [0.15, 0.2) is 11.7 Å². The number of rotatable bonds is 2. The summed E-state index contributed by atoms with van der Waals surface area (Å²) in [6.45, 7) is 10.7. The standard InChI is InChI=1S/C19H29N3O2S/c1-13-7-15(9-19(3,4)8-13)17(23)21-5-6-22(14(2)11-21)18(24)16-10-20-12-25-16/h10,12-15H,5-9,11H2,1-4H3/t13-,14+,15+/m1/s1. The van der Waals surface area contributed by atoms with Gasteiger partial charge in [-0.05, 0) is 37.5 Å². The van der Waals surface area contributed by atoms with Crippen LogP contribution in [0.5, 0.6) is 0 Å². The molecule has 2 amide bonds. The molecule has 1 aromatic rings. The van der Waals surface area contributed by atoms with Crippen molar-refractivity contribution < 1.29 is 9.59 Å². The van der Waals surface area contributed by atoms with Crippen molar-refractivity contribution in [3.05, 3.63) is 16.6 Å². The Hall–Kier alpha value is -1.43. The Morgan fingerprint density at radius 1 is 1.24 bits per heavy atom. The zero-order valence-electron chi connectivity index (χ0n) is 15.7. The van der Waals surface area contributed by atoms with Gasteiger partial charge in [-0.1, -0.05) is 20.8 Å². The molecule has 1 aliphatic carbocycles. The summed E-state index contributed by atoms with van der Waals surface area (Å²) in [5.41, 5.74) is 1.93. The van der Waals surface area contributed by atoms with Crippen LogP contribution < -0.4 is 0 Å². The first kappa shape index (κ1) is 18.4. The highest BCUT2D eigenvalue weighted by molar-refractivity contribution is 7.11. The first-order valence-electron chi connectivity index (χ1n) is 9.25. The predicted octanol–water partition coefficient (Wildman–Crippen LogP) is 3.28. The van der Waals surface area contributed by atoms with Gasteiger partial charge >= 0.3 is 0 Å². The number of piperazine rings is 1. The number of carbonyl (C=O) groups is 2. The van der Waals surface area contributed by atoms with E-state index in [2.05, 4.69) is 25.8 Å². The predicted molar refractivity (Wildman–Crippen MR) is 99.5 cm³/mol. The zero-order chi connectivity index (χ0) is 18.2. The maximum absolute atomic E-state index is 13.1. The van der Waals surface area contributed by atoms with E-state index in [9.17, 15) is 9.59 Å². The van der Waals surface area contributed by atoms with Gasteiger partial charge in [0, 0.05) is 31.6 Å². The van der Waals surface area contributed by atoms with Crippen molar-refractivity contribution >= 4 is 23.2 Å². The molecule has 25 heavy (non-hydrogen) atoms. The second-order valence-electron chi connectivity index (χ2n) is 8.61. The van der Waals surface area contributed by atoms with Crippen molar-refractivity contribution in [1.29, 1.82) is 0 Å². The highest BCUT2D eigenvalue weighted by Crippen LogP contribution is 2.42. The second kappa shape index (κ2) is 7.06. The fraction of sp³-hybridized carbons (Fsp3) is 0.737. The first-order valence-corrected chi connectivity index (χ1v) is 10.1. The molecule has 2 heterocycles. The lowest BCUT2D eigenvalue weighted by molar-refractivity contribution is -0.141. The maximum atomic E-state index is 13.1. The highest BCUT2D eigenvalue weighted by atomic mass is 32.1. The van der Waals surface area contributed by atoms with Gasteiger partial charge in [0.1, 0.15) is 4.88 Å². The van der Waals surface area contributed by atoms with E-state index in [4.69, 9.17) is 0 Å². The third-order valence-corrected chi connectivity index (χ3v) is 6.34. The molecule has 0 radical (unpaired) electrons.